The Kier molecular flexibility index (Phi) is 14.8. The molecule has 0 radical (unpaired) electrons. The Morgan fingerprint density at radius 3 is 1.66 bits per heavy atom. The molecular weight excluding hydrogens is 442 g/mol. The van der Waals surface area contributed by atoms with E-state index < -0.39 is 5.60 Å². The lowest BCUT2D eigenvalue weighted by Gasteiger charge is -2.27. The van der Waals surface area contributed by atoms with Crippen molar-refractivity contribution in [3.63, 3.8) is 0 Å². The highest BCUT2D eigenvalue weighted by molar-refractivity contribution is 6.02. The molecule has 1 aliphatic rings. The van der Waals surface area contributed by atoms with Crippen molar-refractivity contribution in [3.05, 3.63) is 0 Å². The fourth-order valence-electron chi connectivity index (χ4n) is 4.54. The number of nitrogens with zero attached hydrogens (tertiary/aromatic N) is 1. The fourth-order valence-corrected chi connectivity index (χ4v) is 4.54. The third-order valence-electron chi connectivity index (χ3n) is 6.26. The van der Waals surface area contributed by atoms with Gasteiger partial charge in [-0.25, -0.2) is 0 Å². The highest BCUT2D eigenvalue weighted by atomic mass is 16.6. The normalized spacial score (nSPS) is 15.7. The molecule has 0 N–H and O–H groups in total. The topological polar surface area (TPSA) is 72.9 Å². The average molecular weight is 496 g/mol. The number of ether oxygens (including phenoxy) is 2. The number of esters is 1. The first-order valence-corrected chi connectivity index (χ1v) is 14.1. The molecule has 35 heavy (non-hydrogen) atoms. The Morgan fingerprint density at radius 2 is 1.17 bits per heavy atom. The summed E-state index contributed by atoms with van der Waals surface area (Å²) in [4.78, 5) is 37.9. The van der Waals surface area contributed by atoms with Crippen molar-refractivity contribution in [1.82, 2.24) is 4.90 Å². The minimum Gasteiger partial charge on any atom is -0.460 e. The van der Waals surface area contributed by atoms with Gasteiger partial charge >= 0.3 is 5.97 Å². The van der Waals surface area contributed by atoms with E-state index in [2.05, 4.69) is 20.8 Å². The molecule has 0 saturated carbocycles. The molecule has 1 rings (SSSR count). The third kappa shape index (κ3) is 16.0. The maximum Gasteiger partial charge on any atom is 0.306 e. The molecule has 1 heterocycles. The molecule has 0 aromatic rings. The van der Waals surface area contributed by atoms with Gasteiger partial charge in [0.2, 0.25) is 11.8 Å². The number of amides is 2. The van der Waals surface area contributed by atoms with Crippen LogP contribution in [0.3, 0.4) is 0 Å². The first kappa shape index (κ1) is 31.6. The van der Waals surface area contributed by atoms with Gasteiger partial charge in [-0.05, 0) is 73.6 Å². The summed E-state index contributed by atoms with van der Waals surface area (Å²) in [6.07, 6.45) is 15.3. The van der Waals surface area contributed by atoms with Crippen molar-refractivity contribution in [1.29, 1.82) is 0 Å². The van der Waals surface area contributed by atoms with Crippen LogP contribution in [0.15, 0.2) is 0 Å². The second-order valence-corrected chi connectivity index (χ2v) is 12.1. The Balaban J connectivity index is 2.15. The van der Waals surface area contributed by atoms with Gasteiger partial charge in [-0.2, -0.15) is 0 Å². The standard InChI is InChI=1S/C29H53NO5/c1-28(2,3)34-23-17-16-19-24(30-25(31)21-22-26(30)32)18-14-12-10-8-7-9-11-13-15-20-27(33)35-29(4,5)6/h24H,7-23H2,1-6H3/t24-/m1/s1. The van der Waals surface area contributed by atoms with Gasteiger partial charge in [0.1, 0.15) is 5.60 Å². The largest absolute Gasteiger partial charge is 0.460 e. The van der Waals surface area contributed by atoms with Gasteiger partial charge in [0, 0.05) is 31.9 Å². The van der Waals surface area contributed by atoms with Crippen molar-refractivity contribution < 1.29 is 23.9 Å². The number of unbranched alkanes of at least 4 members (excludes halogenated alkanes) is 9. The molecule has 6 heteroatoms. The summed E-state index contributed by atoms with van der Waals surface area (Å²) in [5.41, 5.74) is -0.516. The highest BCUT2D eigenvalue weighted by Crippen LogP contribution is 2.24. The van der Waals surface area contributed by atoms with E-state index in [1.165, 1.54) is 32.1 Å². The van der Waals surface area contributed by atoms with Crippen LogP contribution >= 0.6 is 0 Å². The van der Waals surface area contributed by atoms with Crippen LogP contribution in [0.25, 0.3) is 0 Å². The van der Waals surface area contributed by atoms with Crippen LogP contribution in [-0.4, -0.2) is 46.5 Å². The van der Waals surface area contributed by atoms with Crippen LogP contribution in [0.1, 0.15) is 144 Å². The molecular formula is C29H53NO5. The third-order valence-corrected chi connectivity index (χ3v) is 6.26. The predicted octanol–water partition coefficient (Wildman–Crippen LogP) is 7.12. The molecule has 2 amide bonds. The van der Waals surface area contributed by atoms with Gasteiger partial charge in [0.05, 0.1) is 5.60 Å². The summed E-state index contributed by atoms with van der Waals surface area (Å²) in [7, 11) is 0. The van der Waals surface area contributed by atoms with Gasteiger partial charge < -0.3 is 9.47 Å². The number of hydrogen-bond donors (Lipinski definition) is 0. The number of likely N-dealkylation sites (tertiary alicyclic amines) is 1. The van der Waals surface area contributed by atoms with Crippen LogP contribution in [0.4, 0.5) is 0 Å². The summed E-state index contributed by atoms with van der Waals surface area (Å²) in [6.45, 7) is 12.6. The highest BCUT2D eigenvalue weighted by Gasteiger charge is 2.34. The van der Waals surface area contributed by atoms with E-state index in [1.54, 1.807) is 4.90 Å². The Bertz CT molecular complexity index is 616. The molecule has 204 valence electrons. The van der Waals surface area contributed by atoms with E-state index in [-0.39, 0.29) is 29.4 Å². The quantitative estimate of drug-likeness (QED) is 0.115. The molecule has 0 aromatic carbocycles. The zero-order chi connectivity index (χ0) is 26.3. The lowest BCUT2D eigenvalue weighted by molar-refractivity contribution is -0.155. The summed E-state index contributed by atoms with van der Waals surface area (Å²) >= 11 is 0. The smallest absolute Gasteiger partial charge is 0.306 e. The second kappa shape index (κ2) is 16.3. The molecule has 1 aliphatic heterocycles. The van der Waals surface area contributed by atoms with Crippen molar-refractivity contribution in [2.75, 3.05) is 6.61 Å². The van der Waals surface area contributed by atoms with Crippen molar-refractivity contribution >= 4 is 17.8 Å². The number of carbonyl (C=O) groups is 3. The molecule has 0 aromatic heterocycles. The van der Waals surface area contributed by atoms with Gasteiger partial charge in [0.15, 0.2) is 0 Å². The summed E-state index contributed by atoms with van der Waals surface area (Å²) in [5, 5.41) is 0. The maximum absolute atomic E-state index is 12.3. The van der Waals surface area contributed by atoms with E-state index in [9.17, 15) is 14.4 Å². The van der Waals surface area contributed by atoms with Crippen LogP contribution < -0.4 is 0 Å². The minimum atomic E-state index is -0.391. The monoisotopic (exact) mass is 495 g/mol. The molecule has 1 saturated heterocycles. The molecule has 0 bridgehead atoms. The summed E-state index contributed by atoms with van der Waals surface area (Å²) in [6, 6.07) is 0.0529. The van der Waals surface area contributed by atoms with Gasteiger partial charge in [-0.1, -0.05) is 51.4 Å². The zero-order valence-corrected chi connectivity index (χ0v) is 23.6. The first-order chi connectivity index (χ1) is 16.4. The van der Waals surface area contributed by atoms with Crippen LogP contribution in [0, 0.1) is 0 Å². The number of hydrogen-bond acceptors (Lipinski definition) is 5. The molecule has 6 nitrogen and oxygen atoms in total. The van der Waals surface area contributed by atoms with Crippen molar-refractivity contribution in [2.45, 2.75) is 162 Å². The number of imide groups is 1. The lowest BCUT2D eigenvalue weighted by Crippen LogP contribution is -2.39. The molecule has 1 atom stereocenters. The number of rotatable bonds is 18. The van der Waals surface area contributed by atoms with Crippen molar-refractivity contribution in [2.24, 2.45) is 0 Å². The first-order valence-electron chi connectivity index (χ1n) is 14.1. The molecule has 0 spiro atoms. The fraction of sp³-hybridized carbons (Fsp3) is 0.897. The molecule has 0 unspecified atom stereocenters. The van der Waals surface area contributed by atoms with Crippen LogP contribution in [0.5, 0.6) is 0 Å². The predicted molar refractivity (Wildman–Crippen MR) is 141 cm³/mol. The van der Waals surface area contributed by atoms with E-state index >= 15 is 0 Å². The minimum absolute atomic E-state index is 0.0117. The van der Waals surface area contributed by atoms with Gasteiger partial charge in [-0.3, -0.25) is 19.3 Å². The van der Waals surface area contributed by atoms with E-state index in [4.69, 9.17) is 9.47 Å². The summed E-state index contributed by atoms with van der Waals surface area (Å²) < 4.78 is 11.1. The SMILES string of the molecule is CC(C)(C)OCCCC[C@@H](CCCCCCCCCCCC(=O)OC(C)(C)C)N1C(=O)CCC1=O. The summed E-state index contributed by atoms with van der Waals surface area (Å²) in [5.74, 6) is -0.0680. The average Bonchev–Trinajstić information content (AvgIpc) is 3.06. The zero-order valence-electron chi connectivity index (χ0n) is 23.6. The second-order valence-electron chi connectivity index (χ2n) is 12.1. The van der Waals surface area contributed by atoms with Crippen LogP contribution in [0.2, 0.25) is 0 Å². The van der Waals surface area contributed by atoms with Gasteiger partial charge in [0.25, 0.3) is 0 Å². The van der Waals surface area contributed by atoms with E-state index in [0.717, 1.165) is 58.0 Å². The van der Waals surface area contributed by atoms with Crippen LogP contribution in [-0.2, 0) is 23.9 Å². The van der Waals surface area contributed by atoms with E-state index in [1.807, 2.05) is 20.8 Å². The van der Waals surface area contributed by atoms with Crippen molar-refractivity contribution in [3.8, 4) is 0 Å². The van der Waals surface area contributed by atoms with E-state index in [0.29, 0.717) is 19.3 Å². The molecule has 0 aliphatic carbocycles. The maximum atomic E-state index is 12.3. The Morgan fingerprint density at radius 1 is 0.714 bits per heavy atom. The Labute approximate surface area is 214 Å². The Hall–Kier alpha value is -1.43. The number of carbonyl (C=O) groups excluding carboxylic acids is 3. The lowest BCUT2D eigenvalue weighted by atomic mass is 9.99. The van der Waals surface area contributed by atoms with Gasteiger partial charge in [-0.15, -0.1) is 0 Å². The molecule has 1 fully saturated rings.